The normalized spacial score (nSPS) is 10.7. The summed E-state index contributed by atoms with van der Waals surface area (Å²) in [5.41, 5.74) is 8.52. The highest BCUT2D eigenvalue weighted by molar-refractivity contribution is 6.34. The minimum absolute atomic E-state index is 0.110. The number of benzene rings is 2. The van der Waals surface area contributed by atoms with Gasteiger partial charge in [-0.05, 0) is 53.4 Å². The number of anilines is 2. The van der Waals surface area contributed by atoms with Crippen molar-refractivity contribution in [1.29, 1.82) is 0 Å². The third-order valence-electron chi connectivity index (χ3n) is 5.14. The van der Waals surface area contributed by atoms with Crippen molar-refractivity contribution in [2.24, 2.45) is 0 Å². The summed E-state index contributed by atoms with van der Waals surface area (Å²) in [4.78, 5) is 29.8. The van der Waals surface area contributed by atoms with Crippen LogP contribution in [-0.4, -0.2) is 23.7 Å². The van der Waals surface area contributed by atoms with Crippen molar-refractivity contribution in [1.82, 2.24) is 4.98 Å². The number of nitrogen functional groups attached to an aromatic ring is 1. The lowest BCUT2D eigenvalue weighted by atomic mass is 9.99. The lowest BCUT2D eigenvalue weighted by molar-refractivity contribution is -0.118. The fourth-order valence-corrected chi connectivity index (χ4v) is 3.58. The Kier molecular flexibility index (Phi) is 7.02. The summed E-state index contributed by atoms with van der Waals surface area (Å²) >= 11 is 6.36. The molecule has 0 spiro atoms. The molecule has 0 atom stereocenters. The van der Waals surface area contributed by atoms with E-state index in [1.165, 1.54) is 11.0 Å². The number of hydrogen-bond acceptors (Lipinski definition) is 4. The Morgan fingerprint density at radius 2 is 1.84 bits per heavy atom. The summed E-state index contributed by atoms with van der Waals surface area (Å²) < 4.78 is 14.6. The molecule has 2 N–H and O–H groups in total. The highest BCUT2D eigenvalue weighted by atomic mass is 35.5. The minimum atomic E-state index is -0.507. The summed E-state index contributed by atoms with van der Waals surface area (Å²) in [6, 6.07) is 13.3. The monoisotopic (exact) mass is 439 g/mol. The van der Waals surface area contributed by atoms with Gasteiger partial charge in [0.15, 0.2) is 5.78 Å². The third kappa shape index (κ3) is 5.09. The third-order valence-corrected chi connectivity index (χ3v) is 5.45. The van der Waals surface area contributed by atoms with Crippen LogP contribution in [0.3, 0.4) is 0 Å². The van der Waals surface area contributed by atoms with E-state index in [1.54, 1.807) is 56.6 Å². The van der Waals surface area contributed by atoms with Crippen molar-refractivity contribution in [2.45, 2.75) is 26.2 Å². The van der Waals surface area contributed by atoms with Crippen LogP contribution < -0.4 is 10.6 Å². The summed E-state index contributed by atoms with van der Waals surface area (Å²) in [5.74, 6) is -0.382. The lowest BCUT2D eigenvalue weighted by Gasteiger charge is -2.18. The molecule has 160 valence electrons. The molecule has 0 radical (unpaired) electrons. The zero-order chi connectivity index (χ0) is 22.5. The summed E-state index contributed by atoms with van der Waals surface area (Å²) in [6.07, 6.45) is 2.60. The molecule has 1 heterocycles. The molecule has 1 aromatic heterocycles. The molecule has 0 bridgehead atoms. The van der Waals surface area contributed by atoms with Crippen molar-refractivity contribution in [3.05, 3.63) is 76.7 Å². The van der Waals surface area contributed by atoms with E-state index in [1.807, 2.05) is 6.07 Å². The smallest absolute Gasteiger partial charge is 0.226 e. The van der Waals surface area contributed by atoms with Crippen LogP contribution in [0.15, 0.2) is 54.7 Å². The number of rotatable bonds is 7. The first-order chi connectivity index (χ1) is 14.8. The zero-order valence-corrected chi connectivity index (χ0v) is 18.1. The number of aromatic nitrogens is 1. The van der Waals surface area contributed by atoms with Gasteiger partial charge in [-0.25, -0.2) is 9.37 Å². The number of carbonyl (C=O) groups excluding carboxylic acids is 2. The van der Waals surface area contributed by atoms with Crippen molar-refractivity contribution >= 4 is 34.8 Å². The molecule has 0 saturated heterocycles. The van der Waals surface area contributed by atoms with Gasteiger partial charge in [0.2, 0.25) is 5.91 Å². The van der Waals surface area contributed by atoms with Crippen molar-refractivity contribution in [2.75, 3.05) is 17.7 Å². The average Bonchev–Trinajstić information content (AvgIpc) is 2.77. The number of amides is 1. The van der Waals surface area contributed by atoms with Gasteiger partial charge in [-0.15, -0.1) is 0 Å². The Morgan fingerprint density at radius 3 is 2.48 bits per heavy atom. The molecule has 0 unspecified atom stereocenters. The van der Waals surface area contributed by atoms with E-state index in [2.05, 4.69) is 4.98 Å². The first-order valence-corrected chi connectivity index (χ1v) is 10.3. The summed E-state index contributed by atoms with van der Waals surface area (Å²) in [6.45, 7) is 1.72. The van der Waals surface area contributed by atoms with Crippen LogP contribution in [0.4, 0.5) is 15.9 Å². The number of halogens is 2. The van der Waals surface area contributed by atoms with Crippen LogP contribution in [0.2, 0.25) is 5.02 Å². The van der Waals surface area contributed by atoms with Crippen LogP contribution in [-0.2, 0) is 11.2 Å². The maximum absolute atomic E-state index is 14.6. The zero-order valence-electron chi connectivity index (χ0n) is 17.4. The van der Waals surface area contributed by atoms with Crippen molar-refractivity contribution < 1.29 is 14.0 Å². The quantitative estimate of drug-likeness (QED) is 0.506. The highest BCUT2D eigenvalue weighted by Gasteiger charge is 2.16. The fourth-order valence-electron chi connectivity index (χ4n) is 3.30. The SMILES string of the molecule is CCC(=O)N(C)c1ccc(-c2ccc(C(=O)CCc3cccnc3N)c(Cl)c2)cc1F. The molecular weight excluding hydrogens is 417 g/mol. The highest BCUT2D eigenvalue weighted by Crippen LogP contribution is 2.30. The van der Waals surface area contributed by atoms with E-state index in [4.69, 9.17) is 17.3 Å². The largest absolute Gasteiger partial charge is 0.383 e. The van der Waals surface area contributed by atoms with Crippen molar-refractivity contribution in [3.63, 3.8) is 0 Å². The Morgan fingerprint density at radius 1 is 1.13 bits per heavy atom. The summed E-state index contributed by atoms with van der Waals surface area (Å²) in [5, 5.41) is 0.296. The maximum Gasteiger partial charge on any atom is 0.226 e. The number of ketones is 1. The molecule has 0 aliphatic carbocycles. The standard InChI is InChI=1S/C24H23ClFN3O2/c1-3-23(31)29(2)21-10-7-17(14-20(21)26)16-6-9-18(19(25)13-16)22(30)11-8-15-5-4-12-28-24(15)27/h4-7,9-10,12-14H,3,8,11H2,1-2H3,(H2,27,28). The lowest BCUT2D eigenvalue weighted by Crippen LogP contribution is -2.25. The number of aryl methyl sites for hydroxylation is 1. The first kappa shape index (κ1) is 22.4. The Bertz CT molecular complexity index is 1130. The Hall–Kier alpha value is -3.25. The number of nitrogens with zero attached hydrogens (tertiary/aromatic N) is 2. The Labute approximate surface area is 185 Å². The molecule has 5 nitrogen and oxygen atoms in total. The molecule has 0 aliphatic heterocycles. The number of nitrogens with two attached hydrogens (primary N) is 1. The number of carbonyl (C=O) groups is 2. The molecule has 2 aromatic carbocycles. The van der Waals surface area contributed by atoms with E-state index in [0.717, 1.165) is 5.56 Å². The van der Waals surface area contributed by atoms with E-state index in [-0.39, 0.29) is 30.2 Å². The van der Waals surface area contributed by atoms with E-state index >= 15 is 0 Å². The van der Waals surface area contributed by atoms with Gasteiger partial charge in [-0.3, -0.25) is 9.59 Å². The van der Waals surface area contributed by atoms with Gasteiger partial charge in [-0.1, -0.05) is 36.7 Å². The molecule has 3 rings (SSSR count). The number of hydrogen-bond donors (Lipinski definition) is 1. The minimum Gasteiger partial charge on any atom is -0.383 e. The predicted octanol–water partition coefficient (Wildman–Crippen LogP) is 5.31. The molecule has 3 aromatic rings. The molecule has 0 saturated carbocycles. The van der Waals surface area contributed by atoms with E-state index in [9.17, 15) is 14.0 Å². The fraction of sp³-hybridized carbons (Fsp3) is 0.208. The van der Waals surface area contributed by atoms with Crippen LogP contribution >= 0.6 is 11.6 Å². The van der Waals surface area contributed by atoms with Gasteiger partial charge in [0, 0.05) is 31.6 Å². The van der Waals surface area contributed by atoms with Crippen LogP contribution in [0.5, 0.6) is 0 Å². The van der Waals surface area contributed by atoms with Gasteiger partial charge >= 0.3 is 0 Å². The molecular formula is C24H23ClFN3O2. The van der Waals surface area contributed by atoms with Crippen LogP contribution in [0, 0.1) is 5.82 Å². The molecule has 0 fully saturated rings. The van der Waals surface area contributed by atoms with Gasteiger partial charge in [0.25, 0.3) is 0 Å². The molecule has 31 heavy (non-hydrogen) atoms. The maximum atomic E-state index is 14.6. The van der Waals surface area contributed by atoms with Gasteiger partial charge in [0.05, 0.1) is 10.7 Å². The van der Waals surface area contributed by atoms with Gasteiger partial charge < -0.3 is 10.6 Å². The van der Waals surface area contributed by atoms with Gasteiger partial charge in [-0.2, -0.15) is 0 Å². The average molecular weight is 440 g/mol. The topological polar surface area (TPSA) is 76.3 Å². The second kappa shape index (κ2) is 9.71. The van der Waals surface area contributed by atoms with Crippen LogP contribution in [0.25, 0.3) is 11.1 Å². The molecule has 0 aliphatic rings. The number of Topliss-reactive ketones (excluding diaryl/α,β-unsaturated/α-hetero) is 1. The Balaban J connectivity index is 1.77. The molecule has 7 heteroatoms. The van der Waals surface area contributed by atoms with Crippen LogP contribution in [0.1, 0.15) is 35.7 Å². The summed E-state index contributed by atoms with van der Waals surface area (Å²) in [7, 11) is 1.54. The van der Waals surface area contributed by atoms with Crippen molar-refractivity contribution in [3.8, 4) is 11.1 Å². The van der Waals surface area contributed by atoms with E-state index < -0.39 is 5.82 Å². The van der Waals surface area contributed by atoms with E-state index in [0.29, 0.717) is 34.0 Å². The van der Waals surface area contributed by atoms with Gasteiger partial charge in [0.1, 0.15) is 11.6 Å². The number of pyridine rings is 1. The second-order valence-electron chi connectivity index (χ2n) is 7.14. The predicted molar refractivity (Wildman–Crippen MR) is 122 cm³/mol. The second-order valence-corrected chi connectivity index (χ2v) is 7.55. The molecule has 1 amide bonds. The first-order valence-electron chi connectivity index (χ1n) is 9.90.